The number of hydrogen-bond donors (Lipinski definition) is 2. The number of likely N-dealkylation sites (tertiary alicyclic amines) is 1. The van der Waals surface area contributed by atoms with Crippen LogP contribution in [0.2, 0.25) is 0 Å². The Morgan fingerprint density at radius 2 is 1.94 bits per heavy atom. The zero-order valence-electron chi connectivity index (χ0n) is 11.3. The third kappa shape index (κ3) is 4.04. The molecule has 1 aliphatic rings. The topological polar surface area (TPSA) is 41.3 Å². The Kier molecular flexibility index (Phi) is 5.73. The van der Waals surface area contributed by atoms with Crippen molar-refractivity contribution in [1.82, 2.24) is 10.2 Å². The Morgan fingerprint density at radius 3 is 2.38 bits per heavy atom. The molecule has 1 saturated heterocycles. The van der Waals surface area contributed by atoms with Gasteiger partial charge in [0.15, 0.2) is 0 Å². The van der Waals surface area contributed by atoms with Crippen LogP contribution in [0.25, 0.3) is 0 Å². The molecule has 1 aliphatic heterocycles. The van der Waals surface area contributed by atoms with Crippen molar-refractivity contribution in [3.8, 4) is 0 Å². The van der Waals surface area contributed by atoms with E-state index in [0.29, 0.717) is 5.92 Å². The molecule has 0 saturated carbocycles. The van der Waals surface area contributed by atoms with E-state index in [2.05, 4.69) is 31.0 Å². The zero-order chi connectivity index (χ0) is 12.0. The minimum Gasteiger partial charge on any atom is -0.329 e. The molecule has 3 heteroatoms. The Balaban J connectivity index is 2.38. The minimum absolute atomic E-state index is 0.217. The molecule has 0 atom stereocenters. The first kappa shape index (κ1) is 13.9. The van der Waals surface area contributed by atoms with Crippen LogP contribution in [0.3, 0.4) is 0 Å². The second kappa shape index (κ2) is 6.58. The Labute approximate surface area is 101 Å². The van der Waals surface area contributed by atoms with Crippen LogP contribution in [-0.2, 0) is 0 Å². The molecule has 0 unspecified atom stereocenters. The maximum absolute atomic E-state index is 5.96. The van der Waals surface area contributed by atoms with Gasteiger partial charge in [-0.15, -0.1) is 0 Å². The molecule has 1 heterocycles. The number of nitrogens with zero attached hydrogens (tertiary/aromatic N) is 1. The molecular weight excluding hydrogens is 198 g/mol. The lowest BCUT2D eigenvalue weighted by Crippen LogP contribution is -2.58. The SMILES string of the molecule is CCCN1CCC(CN)(NCC(C)C)CC1. The summed E-state index contributed by atoms with van der Waals surface area (Å²) in [6.45, 7) is 12.3. The van der Waals surface area contributed by atoms with Gasteiger partial charge in [-0.3, -0.25) is 0 Å². The molecule has 0 aromatic heterocycles. The van der Waals surface area contributed by atoms with Gasteiger partial charge in [0.05, 0.1) is 0 Å². The van der Waals surface area contributed by atoms with Crippen molar-refractivity contribution in [2.45, 2.75) is 45.6 Å². The summed E-state index contributed by atoms with van der Waals surface area (Å²) in [5, 5.41) is 3.70. The van der Waals surface area contributed by atoms with E-state index in [0.717, 1.165) is 13.1 Å². The average molecular weight is 227 g/mol. The molecule has 1 rings (SSSR count). The fourth-order valence-electron chi connectivity index (χ4n) is 2.39. The maximum Gasteiger partial charge on any atom is 0.0328 e. The molecule has 0 aliphatic carbocycles. The van der Waals surface area contributed by atoms with Crippen LogP contribution in [0.5, 0.6) is 0 Å². The van der Waals surface area contributed by atoms with Crippen LogP contribution >= 0.6 is 0 Å². The predicted molar refractivity (Wildman–Crippen MR) is 70.6 cm³/mol. The van der Waals surface area contributed by atoms with E-state index in [1.165, 1.54) is 38.9 Å². The third-order valence-corrected chi connectivity index (χ3v) is 3.63. The van der Waals surface area contributed by atoms with Crippen molar-refractivity contribution in [1.29, 1.82) is 0 Å². The van der Waals surface area contributed by atoms with Crippen LogP contribution in [0.1, 0.15) is 40.0 Å². The monoisotopic (exact) mass is 227 g/mol. The maximum atomic E-state index is 5.96. The quantitative estimate of drug-likeness (QED) is 0.721. The van der Waals surface area contributed by atoms with Gasteiger partial charge in [-0.25, -0.2) is 0 Å². The van der Waals surface area contributed by atoms with E-state index >= 15 is 0 Å². The fraction of sp³-hybridized carbons (Fsp3) is 1.00. The molecule has 0 radical (unpaired) electrons. The Bertz CT molecular complexity index is 184. The van der Waals surface area contributed by atoms with Crippen molar-refractivity contribution in [3.63, 3.8) is 0 Å². The summed E-state index contributed by atoms with van der Waals surface area (Å²) in [6.07, 6.45) is 3.67. The molecule has 0 amide bonds. The second-order valence-corrected chi connectivity index (χ2v) is 5.60. The number of rotatable bonds is 6. The molecular formula is C13H29N3. The Morgan fingerprint density at radius 1 is 1.31 bits per heavy atom. The highest BCUT2D eigenvalue weighted by molar-refractivity contribution is 4.94. The van der Waals surface area contributed by atoms with E-state index in [9.17, 15) is 0 Å². The smallest absolute Gasteiger partial charge is 0.0328 e. The molecule has 3 N–H and O–H groups in total. The summed E-state index contributed by atoms with van der Waals surface area (Å²) in [4.78, 5) is 2.56. The molecule has 1 fully saturated rings. The van der Waals surface area contributed by atoms with Crippen LogP contribution in [0, 0.1) is 5.92 Å². The molecule has 0 aromatic carbocycles. The van der Waals surface area contributed by atoms with Crippen LogP contribution in [-0.4, -0.2) is 43.2 Å². The van der Waals surface area contributed by atoms with Gasteiger partial charge >= 0.3 is 0 Å². The van der Waals surface area contributed by atoms with E-state index < -0.39 is 0 Å². The van der Waals surface area contributed by atoms with Crippen molar-refractivity contribution in [2.75, 3.05) is 32.7 Å². The lowest BCUT2D eigenvalue weighted by atomic mass is 9.87. The molecule has 3 nitrogen and oxygen atoms in total. The summed E-state index contributed by atoms with van der Waals surface area (Å²) >= 11 is 0. The van der Waals surface area contributed by atoms with Crippen molar-refractivity contribution in [2.24, 2.45) is 11.7 Å². The average Bonchev–Trinajstić information content (AvgIpc) is 2.29. The van der Waals surface area contributed by atoms with Gasteiger partial charge in [0, 0.05) is 12.1 Å². The molecule has 16 heavy (non-hydrogen) atoms. The van der Waals surface area contributed by atoms with Gasteiger partial charge in [-0.05, 0) is 51.4 Å². The van der Waals surface area contributed by atoms with Gasteiger partial charge in [0.1, 0.15) is 0 Å². The molecule has 0 bridgehead atoms. The summed E-state index contributed by atoms with van der Waals surface area (Å²) < 4.78 is 0. The number of nitrogens with one attached hydrogen (secondary N) is 1. The van der Waals surface area contributed by atoms with Crippen molar-refractivity contribution in [3.05, 3.63) is 0 Å². The molecule has 96 valence electrons. The zero-order valence-corrected chi connectivity index (χ0v) is 11.3. The summed E-state index contributed by atoms with van der Waals surface area (Å²) in [5.74, 6) is 0.706. The first-order chi connectivity index (χ1) is 7.62. The van der Waals surface area contributed by atoms with Crippen LogP contribution in [0.4, 0.5) is 0 Å². The lowest BCUT2D eigenvalue weighted by Gasteiger charge is -2.42. The first-order valence-corrected chi connectivity index (χ1v) is 6.79. The first-order valence-electron chi connectivity index (χ1n) is 6.79. The highest BCUT2D eigenvalue weighted by Crippen LogP contribution is 2.21. The fourth-order valence-corrected chi connectivity index (χ4v) is 2.39. The summed E-state index contributed by atoms with van der Waals surface area (Å²) in [5.41, 5.74) is 6.18. The largest absolute Gasteiger partial charge is 0.329 e. The highest BCUT2D eigenvalue weighted by atomic mass is 15.2. The predicted octanol–water partition coefficient (Wildman–Crippen LogP) is 1.44. The highest BCUT2D eigenvalue weighted by Gasteiger charge is 2.32. The van der Waals surface area contributed by atoms with Gasteiger partial charge in [-0.1, -0.05) is 20.8 Å². The summed E-state index contributed by atoms with van der Waals surface area (Å²) in [6, 6.07) is 0. The Hall–Kier alpha value is -0.120. The number of hydrogen-bond acceptors (Lipinski definition) is 3. The number of piperidine rings is 1. The van der Waals surface area contributed by atoms with Crippen LogP contribution < -0.4 is 11.1 Å². The third-order valence-electron chi connectivity index (χ3n) is 3.63. The molecule has 0 aromatic rings. The second-order valence-electron chi connectivity index (χ2n) is 5.60. The van der Waals surface area contributed by atoms with Gasteiger partial charge < -0.3 is 16.0 Å². The van der Waals surface area contributed by atoms with Gasteiger partial charge in [0.2, 0.25) is 0 Å². The van der Waals surface area contributed by atoms with E-state index in [4.69, 9.17) is 5.73 Å². The number of nitrogens with two attached hydrogens (primary N) is 1. The lowest BCUT2D eigenvalue weighted by molar-refractivity contribution is 0.136. The summed E-state index contributed by atoms with van der Waals surface area (Å²) in [7, 11) is 0. The van der Waals surface area contributed by atoms with Gasteiger partial charge in [0.25, 0.3) is 0 Å². The van der Waals surface area contributed by atoms with Crippen molar-refractivity contribution < 1.29 is 0 Å². The van der Waals surface area contributed by atoms with E-state index in [-0.39, 0.29) is 5.54 Å². The standard InChI is InChI=1S/C13H29N3/c1-4-7-16-8-5-13(11-14,6-9-16)15-10-12(2)3/h12,15H,4-11,14H2,1-3H3. The van der Waals surface area contributed by atoms with Gasteiger partial charge in [-0.2, -0.15) is 0 Å². The normalized spacial score (nSPS) is 21.6. The molecule has 0 spiro atoms. The van der Waals surface area contributed by atoms with Crippen LogP contribution in [0.15, 0.2) is 0 Å². The van der Waals surface area contributed by atoms with Crippen molar-refractivity contribution >= 4 is 0 Å². The van der Waals surface area contributed by atoms with E-state index in [1.54, 1.807) is 0 Å². The minimum atomic E-state index is 0.217. The van der Waals surface area contributed by atoms with E-state index in [1.807, 2.05) is 0 Å².